The Morgan fingerprint density at radius 3 is 2.62 bits per heavy atom. The molecule has 2 aliphatic rings. The normalized spacial score (nSPS) is 11.2. The molecule has 0 saturated carbocycles. The number of rotatable bonds is 4. The van der Waals surface area contributed by atoms with E-state index in [-0.39, 0.29) is 17.9 Å². The van der Waals surface area contributed by atoms with Crippen LogP contribution in [0.3, 0.4) is 0 Å². The van der Waals surface area contributed by atoms with Crippen LogP contribution in [0.4, 0.5) is 0 Å². The fourth-order valence-corrected chi connectivity index (χ4v) is 2.66. The molecule has 8 heteroatoms. The molecule has 0 fully saturated rings. The molecule has 124 valence electrons. The van der Waals surface area contributed by atoms with Gasteiger partial charge in [0.1, 0.15) is 0 Å². The number of aromatic amines is 1. The van der Waals surface area contributed by atoms with Crippen LogP contribution >= 0.6 is 0 Å². The molecule has 0 saturated heterocycles. The van der Waals surface area contributed by atoms with Crippen molar-refractivity contribution in [3.8, 4) is 11.5 Å². The molecule has 24 heavy (non-hydrogen) atoms. The zero-order valence-electron chi connectivity index (χ0n) is 13.3. The van der Waals surface area contributed by atoms with Gasteiger partial charge in [-0.2, -0.15) is 4.98 Å². The number of aryl methyl sites for hydroxylation is 3. The molecule has 0 atom stereocenters. The molecule has 3 rings (SSSR count). The van der Waals surface area contributed by atoms with Crippen LogP contribution in [0.2, 0.25) is 0 Å². The van der Waals surface area contributed by atoms with Gasteiger partial charge in [0.25, 0.3) is 5.56 Å². The number of carboxylic acid groups (broad SMARTS) is 1. The van der Waals surface area contributed by atoms with Crippen LogP contribution in [0.25, 0.3) is 22.6 Å². The first kappa shape index (κ1) is 15.9. The summed E-state index contributed by atoms with van der Waals surface area (Å²) in [4.78, 5) is 44.8. The van der Waals surface area contributed by atoms with Gasteiger partial charge in [-0.05, 0) is 43.5 Å². The average molecular weight is 328 g/mol. The summed E-state index contributed by atoms with van der Waals surface area (Å²) in [5, 5.41) is 8.84. The van der Waals surface area contributed by atoms with Crippen LogP contribution in [0.5, 0.6) is 0 Å². The highest BCUT2D eigenvalue weighted by molar-refractivity contribution is 5.81. The van der Waals surface area contributed by atoms with Crippen molar-refractivity contribution in [1.29, 1.82) is 0 Å². The van der Waals surface area contributed by atoms with E-state index in [2.05, 4.69) is 15.0 Å². The van der Waals surface area contributed by atoms with Crippen LogP contribution in [0, 0.1) is 13.8 Å². The lowest BCUT2D eigenvalue weighted by molar-refractivity contribution is -0.137. The van der Waals surface area contributed by atoms with E-state index >= 15 is 0 Å². The van der Waals surface area contributed by atoms with Crippen molar-refractivity contribution in [3.63, 3.8) is 0 Å². The Morgan fingerprint density at radius 1 is 1.21 bits per heavy atom. The molecule has 2 N–H and O–H groups in total. The van der Waals surface area contributed by atoms with Gasteiger partial charge in [0.05, 0.1) is 11.0 Å². The Balaban J connectivity index is 2.32. The van der Waals surface area contributed by atoms with Crippen molar-refractivity contribution in [3.05, 3.63) is 44.1 Å². The molecule has 0 spiro atoms. The fraction of sp³-hybridized carbons (Fsp3) is 0.312. The number of aliphatic carboxylic acids is 1. The molecule has 0 unspecified atom stereocenters. The number of hydrogen-bond acceptors (Lipinski definition) is 5. The minimum atomic E-state index is -0.902. The van der Waals surface area contributed by atoms with Crippen LogP contribution in [0.1, 0.15) is 24.0 Å². The first-order chi connectivity index (χ1) is 11.4. The van der Waals surface area contributed by atoms with E-state index in [4.69, 9.17) is 5.11 Å². The Labute approximate surface area is 136 Å². The average Bonchev–Trinajstić information content (AvgIpc) is 2.49. The maximum atomic E-state index is 12.1. The third kappa shape index (κ3) is 2.78. The molecule has 1 aromatic carbocycles. The molecule has 2 heterocycles. The zero-order valence-corrected chi connectivity index (χ0v) is 13.3. The molecule has 0 bridgehead atoms. The lowest BCUT2D eigenvalue weighted by Gasteiger charge is -2.17. The summed E-state index contributed by atoms with van der Waals surface area (Å²) >= 11 is 0. The fourth-order valence-electron chi connectivity index (χ4n) is 2.66. The summed E-state index contributed by atoms with van der Waals surface area (Å²) in [7, 11) is 0. The van der Waals surface area contributed by atoms with Crippen LogP contribution < -0.4 is 11.2 Å². The quantitative estimate of drug-likeness (QED) is 0.692. The van der Waals surface area contributed by atoms with Crippen molar-refractivity contribution < 1.29 is 9.90 Å². The summed E-state index contributed by atoms with van der Waals surface area (Å²) in [6, 6.07) is 3.77. The minimum absolute atomic E-state index is 0.0173. The summed E-state index contributed by atoms with van der Waals surface area (Å²) < 4.78 is 1.70. The number of H-pyrrole nitrogens is 1. The maximum absolute atomic E-state index is 12.1. The molecule has 8 nitrogen and oxygen atoms in total. The highest BCUT2D eigenvalue weighted by Crippen LogP contribution is 2.24. The molecule has 0 radical (unpaired) electrons. The molecule has 0 aromatic heterocycles. The van der Waals surface area contributed by atoms with Crippen LogP contribution in [-0.4, -0.2) is 30.6 Å². The monoisotopic (exact) mass is 328 g/mol. The van der Waals surface area contributed by atoms with Crippen LogP contribution in [0.15, 0.2) is 21.7 Å². The summed E-state index contributed by atoms with van der Waals surface area (Å²) in [6.07, 6.45) is 0.334. The third-order valence-electron chi connectivity index (χ3n) is 4.00. The number of hydrogen-bond donors (Lipinski definition) is 2. The van der Waals surface area contributed by atoms with Gasteiger partial charge in [-0.1, -0.05) is 0 Å². The first-order valence-electron chi connectivity index (χ1n) is 7.50. The van der Waals surface area contributed by atoms with Crippen molar-refractivity contribution in [2.24, 2.45) is 0 Å². The van der Waals surface area contributed by atoms with E-state index in [0.717, 1.165) is 11.1 Å². The van der Waals surface area contributed by atoms with Gasteiger partial charge in [0.15, 0.2) is 11.5 Å². The zero-order chi connectivity index (χ0) is 17.4. The van der Waals surface area contributed by atoms with Gasteiger partial charge in [-0.25, -0.2) is 9.78 Å². The maximum Gasteiger partial charge on any atom is 0.349 e. The number of aromatic nitrogens is 4. The molecule has 0 aliphatic carbocycles. The lowest BCUT2D eigenvalue weighted by atomic mass is 10.1. The van der Waals surface area contributed by atoms with Crippen molar-refractivity contribution in [1.82, 2.24) is 19.5 Å². The van der Waals surface area contributed by atoms with Crippen molar-refractivity contribution in [2.75, 3.05) is 0 Å². The van der Waals surface area contributed by atoms with Gasteiger partial charge in [-0.3, -0.25) is 14.6 Å². The Hall–Kier alpha value is -3.03. The van der Waals surface area contributed by atoms with Gasteiger partial charge in [0, 0.05) is 13.0 Å². The molecule has 0 amide bonds. The van der Waals surface area contributed by atoms with Gasteiger partial charge >= 0.3 is 11.7 Å². The van der Waals surface area contributed by atoms with Crippen molar-refractivity contribution >= 4 is 17.0 Å². The Kier molecular flexibility index (Phi) is 3.88. The van der Waals surface area contributed by atoms with Crippen molar-refractivity contribution in [2.45, 2.75) is 33.2 Å². The molecule has 2 aliphatic heterocycles. The number of nitrogens with zero attached hydrogens (tertiary/aromatic N) is 3. The van der Waals surface area contributed by atoms with E-state index in [1.54, 1.807) is 4.57 Å². The predicted octanol–water partition coefficient (Wildman–Crippen LogP) is 1.07. The highest BCUT2D eigenvalue weighted by Gasteiger charge is 2.19. The van der Waals surface area contributed by atoms with E-state index < -0.39 is 17.2 Å². The standard InChI is InChI=1S/C16H16N4O4/c1-8-6-10-11(7-9(8)2)20(5-3-4-12(21)22)14-13(17-10)15(23)19-16(24)18-14/h6-7H,3-5H2,1-2H3,(H,21,22)(H,19,23,24). The number of fused-ring (bicyclic) bond motifs is 2. The molecular formula is C16H16N4O4. The van der Waals surface area contributed by atoms with Gasteiger partial charge in [-0.15, -0.1) is 0 Å². The van der Waals surface area contributed by atoms with E-state index in [9.17, 15) is 14.4 Å². The summed E-state index contributed by atoms with van der Waals surface area (Å²) in [5.74, 6) is -0.731. The number of benzene rings is 1. The van der Waals surface area contributed by atoms with Crippen LogP contribution in [-0.2, 0) is 11.3 Å². The third-order valence-corrected chi connectivity index (χ3v) is 4.00. The second-order valence-electron chi connectivity index (χ2n) is 5.73. The second kappa shape index (κ2) is 5.88. The Bertz CT molecular complexity index is 1030. The lowest BCUT2D eigenvalue weighted by Crippen LogP contribution is -2.29. The SMILES string of the molecule is Cc1cc2nc3c(=O)[nH]c(=O)nc-3n(CCCC(=O)O)c2cc1C. The summed E-state index contributed by atoms with van der Waals surface area (Å²) in [6.45, 7) is 4.21. The number of carbonyl (C=O) groups is 1. The largest absolute Gasteiger partial charge is 0.481 e. The topological polar surface area (TPSA) is 118 Å². The first-order valence-corrected chi connectivity index (χ1v) is 7.50. The number of nitrogens with one attached hydrogen (secondary N) is 1. The van der Waals surface area contributed by atoms with Gasteiger partial charge in [0.2, 0.25) is 0 Å². The van der Waals surface area contributed by atoms with E-state index in [1.807, 2.05) is 26.0 Å². The smallest absolute Gasteiger partial charge is 0.349 e. The second-order valence-corrected chi connectivity index (χ2v) is 5.73. The van der Waals surface area contributed by atoms with Gasteiger partial charge < -0.3 is 9.67 Å². The minimum Gasteiger partial charge on any atom is -0.481 e. The summed E-state index contributed by atoms with van der Waals surface area (Å²) in [5.41, 5.74) is 2.10. The molecule has 1 aromatic rings. The van der Waals surface area contributed by atoms with E-state index in [0.29, 0.717) is 24.0 Å². The van der Waals surface area contributed by atoms with E-state index in [1.165, 1.54) is 0 Å². The number of carboxylic acids is 1. The Morgan fingerprint density at radius 2 is 1.92 bits per heavy atom. The molecular weight excluding hydrogens is 312 g/mol. The highest BCUT2D eigenvalue weighted by atomic mass is 16.4. The predicted molar refractivity (Wildman–Crippen MR) is 87.4 cm³/mol.